The smallest absolute Gasteiger partial charge is 0.335 e. The summed E-state index contributed by atoms with van der Waals surface area (Å²) in [5.41, 5.74) is 0. The van der Waals surface area contributed by atoms with Gasteiger partial charge in [0.15, 0.2) is 6.10 Å². The molecular weight excluding hydrogens is 204 g/mol. The van der Waals surface area contributed by atoms with Crippen molar-refractivity contribution >= 4 is 5.97 Å². The lowest BCUT2D eigenvalue weighted by Gasteiger charge is -2.22. The Morgan fingerprint density at radius 2 is 2.00 bits per heavy atom. The van der Waals surface area contributed by atoms with Gasteiger partial charge in [-0.15, -0.1) is 0 Å². The molecule has 0 unspecified atom stereocenters. The van der Waals surface area contributed by atoms with Gasteiger partial charge in [0.2, 0.25) is 0 Å². The maximum absolute atomic E-state index is 11.3. The molecule has 0 aliphatic heterocycles. The molecule has 1 radical (unpaired) electrons. The van der Waals surface area contributed by atoms with Crippen molar-refractivity contribution in [1.29, 1.82) is 0 Å². The summed E-state index contributed by atoms with van der Waals surface area (Å²) in [6.45, 7) is 3.57. The van der Waals surface area contributed by atoms with Crippen LogP contribution in [0.3, 0.4) is 0 Å². The van der Waals surface area contributed by atoms with Crippen LogP contribution in [0.1, 0.15) is 52.4 Å². The second kappa shape index (κ2) is 6.89. The normalized spacial score (nSPS) is 19.8. The molecule has 16 heavy (non-hydrogen) atoms. The van der Waals surface area contributed by atoms with Crippen LogP contribution in [0.15, 0.2) is 0 Å². The van der Waals surface area contributed by atoms with Gasteiger partial charge in [-0.3, -0.25) is 0 Å². The van der Waals surface area contributed by atoms with Gasteiger partial charge in [0.1, 0.15) is 0 Å². The number of rotatable bonds is 5. The molecule has 3 heteroatoms. The Kier molecular flexibility index (Phi) is 5.81. The van der Waals surface area contributed by atoms with E-state index >= 15 is 0 Å². The van der Waals surface area contributed by atoms with Gasteiger partial charge in [0, 0.05) is 6.42 Å². The van der Waals surface area contributed by atoms with Crippen molar-refractivity contribution in [3.05, 3.63) is 6.42 Å². The number of hydrogen-bond acceptors (Lipinski definition) is 3. The van der Waals surface area contributed by atoms with E-state index in [1.807, 2.05) is 0 Å². The molecule has 0 spiro atoms. The third kappa shape index (κ3) is 4.97. The monoisotopic (exact) mass is 227 g/mol. The molecule has 0 aromatic carbocycles. The van der Waals surface area contributed by atoms with Gasteiger partial charge in [-0.2, -0.15) is 0 Å². The van der Waals surface area contributed by atoms with E-state index in [1.54, 1.807) is 20.3 Å². The molecule has 0 aromatic rings. The maximum Gasteiger partial charge on any atom is 0.335 e. The van der Waals surface area contributed by atoms with Crippen LogP contribution in [-0.4, -0.2) is 23.3 Å². The molecule has 1 atom stereocenters. The van der Waals surface area contributed by atoms with Crippen molar-refractivity contribution in [2.75, 3.05) is 0 Å². The molecule has 1 saturated carbocycles. The largest absolute Gasteiger partial charge is 0.461 e. The predicted molar refractivity (Wildman–Crippen MR) is 62.7 cm³/mol. The molecule has 0 bridgehead atoms. The topological polar surface area (TPSA) is 46.5 Å². The number of carbonyl (C=O) groups is 1. The third-order valence-corrected chi connectivity index (χ3v) is 3.01. The van der Waals surface area contributed by atoms with Gasteiger partial charge in [0.25, 0.3) is 0 Å². The van der Waals surface area contributed by atoms with Crippen molar-refractivity contribution in [3.8, 4) is 0 Å². The van der Waals surface area contributed by atoms with E-state index in [1.165, 1.54) is 32.1 Å². The summed E-state index contributed by atoms with van der Waals surface area (Å²) in [7, 11) is 0. The molecule has 1 fully saturated rings. The first kappa shape index (κ1) is 13.5. The summed E-state index contributed by atoms with van der Waals surface area (Å²) in [6, 6.07) is 0. The van der Waals surface area contributed by atoms with Crippen LogP contribution in [0.4, 0.5) is 0 Å². The second-order valence-corrected chi connectivity index (χ2v) is 4.91. The minimum atomic E-state index is -1.05. The van der Waals surface area contributed by atoms with Gasteiger partial charge in [0.05, 0.1) is 6.10 Å². The zero-order valence-electron chi connectivity index (χ0n) is 10.3. The first-order chi connectivity index (χ1) is 7.59. The fraction of sp³-hybridized carbons (Fsp3) is 0.846. The fourth-order valence-electron chi connectivity index (χ4n) is 2.14. The Morgan fingerprint density at radius 1 is 1.38 bits per heavy atom. The summed E-state index contributed by atoms with van der Waals surface area (Å²) >= 11 is 0. The van der Waals surface area contributed by atoms with Crippen LogP contribution in [0.25, 0.3) is 0 Å². The number of hydrogen-bond donors (Lipinski definition) is 1. The lowest BCUT2D eigenvalue weighted by atomic mass is 9.85. The summed E-state index contributed by atoms with van der Waals surface area (Å²) in [6.07, 6.45) is 7.65. The Labute approximate surface area is 98.2 Å². The van der Waals surface area contributed by atoms with Crippen LogP contribution < -0.4 is 0 Å². The standard InChI is InChI=1S/C13H23O3/c1-10(2)16-13(15)12(14)9-8-11-6-4-3-5-7-11/h9-12,14H,3-8H2,1-2H3/t12-/m1/s1. The van der Waals surface area contributed by atoms with E-state index in [-0.39, 0.29) is 6.10 Å². The molecule has 0 amide bonds. The molecule has 1 aliphatic carbocycles. The highest BCUT2D eigenvalue weighted by molar-refractivity contribution is 5.76. The molecule has 1 N–H and O–H groups in total. The van der Waals surface area contributed by atoms with E-state index in [4.69, 9.17) is 4.74 Å². The van der Waals surface area contributed by atoms with Crippen molar-refractivity contribution < 1.29 is 14.6 Å². The fourth-order valence-corrected chi connectivity index (χ4v) is 2.14. The van der Waals surface area contributed by atoms with Gasteiger partial charge in [-0.1, -0.05) is 32.1 Å². The summed E-state index contributed by atoms with van der Waals surface area (Å²) < 4.78 is 4.93. The number of ether oxygens (including phenoxy) is 1. The van der Waals surface area contributed by atoms with Crippen molar-refractivity contribution in [2.24, 2.45) is 5.92 Å². The quantitative estimate of drug-likeness (QED) is 0.734. The first-order valence-electron chi connectivity index (χ1n) is 6.31. The molecule has 0 aromatic heterocycles. The highest BCUT2D eigenvalue weighted by Crippen LogP contribution is 2.27. The predicted octanol–water partition coefficient (Wildman–Crippen LogP) is 2.47. The highest BCUT2D eigenvalue weighted by atomic mass is 16.6. The Morgan fingerprint density at radius 3 is 2.56 bits per heavy atom. The van der Waals surface area contributed by atoms with Crippen molar-refractivity contribution in [2.45, 2.75) is 64.6 Å². The lowest BCUT2D eigenvalue weighted by molar-refractivity contribution is -0.155. The van der Waals surface area contributed by atoms with Crippen molar-refractivity contribution in [3.63, 3.8) is 0 Å². The van der Waals surface area contributed by atoms with Crippen molar-refractivity contribution in [1.82, 2.24) is 0 Å². The van der Waals surface area contributed by atoms with E-state index < -0.39 is 12.1 Å². The molecule has 93 valence electrons. The van der Waals surface area contributed by atoms with E-state index in [2.05, 4.69) is 0 Å². The molecule has 3 nitrogen and oxygen atoms in total. The second-order valence-electron chi connectivity index (χ2n) is 4.91. The Balaban J connectivity index is 2.17. The number of carbonyl (C=O) groups excluding carboxylic acids is 1. The number of esters is 1. The lowest BCUT2D eigenvalue weighted by Crippen LogP contribution is -2.27. The molecular formula is C13H23O3. The highest BCUT2D eigenvalue weighted by Gasteiger charge is 2.21. The van der Waals surface area contributed by atoms with Crippen LogP contribution in [0.2, 0.25) is 0 Å². The first-order valence-corrected chi connectivity index (χ1v) is 6.31. The van der Waals surface area contributed by atoms with E-state index in [9.17, 15) is 9.90 Å². The minimum Gasteiger partial charge on any atom is -0.461 e. The van der Waals surface area contributed by atoms with Gasteiger partial charge in [-0.25, -0.2) is 4.79 Å². The SMILES string of the molecule is CC(C)OC(=O)[C@H](O)[CH]CC1CCCCC1. The van der Waals surface area contributed by atoms with Crippen LogP contribution in [0.5, 0.6) is 0 Å². The Bertz CT molecular complexity index is 207. The minimum absolute atomic E-state index is 0.162. The van der Waals surface area contributed by atoms with Crippen LogP contribution >= 0.6 is 0 Å². The molecule has 1 aliphatic rings. The zero-order valence-corrected chi connectivity index (χ0v) is 10.3. The average molecular weight is 227 g/mol. The Hall–Kier alpha value is -0.570. The van der Waals surface area contributed by atoms with E-state index in [0.29, 0.717) is 5.92 Å². The third-order valence-electron chi connectivity index (χ3n) is 3.01. The average Bonchev–Trinajstić information content (AvgIpc) is 2.26. The summed E-state index contributed by atoms with van der Waals surface area (Å²) in [4.78, 5) is 11.3. The molecule has 0 saturated heterocycles. The van der Waals surface area contributed by atoms with E-state index in [0.717, 1.165) is 6.42 Å². The van der Waals surface area contributed by atoms with Crippen LogP contribution in [-0.2, 0) is 9.53 Å². The van der Waals surface area contributed by atoms with Gasteiger partial charge >= 0.3 is 5.97 Å². The summed E-state index contributed by atoms with van der Waals surface area (Å²) in [5.74, 6) is 0.126. The number of aliphatic hydroxyl groups excluding tert-OH is 1. The van der Waals surface area contributed by atoms with Crippen LogP contribution in [0, 0.1) is 12.3 Å². The molecule has 0 heterocycles. The maximum atomic E-state index is 11.3. The van der Waals surface area contributed by atoms with Gasteiger partial charge < -0.3 is 9.84 Å². The molecule has 1 rings (SSSR count). The zero-order chi connectivity index (χ0) is 12.0. The van der Waals surface area contributed by atoms with Gasteiger partial charge in [-0.05, 0) is 26.2 Å². The summed E-state index contributed by atoms with van der Waals surface area (Å²) in [5, 5.41) is 9.57. The number of aliphatic hydroxyl groups is 1.